The second-order valence-corrected chi connectivity index (χ2v) is 8.32. The Morgan fingerprint density at radius 2 is 2.03 bits per heavy atom. The summed E-state index contributed by atoms with van der Waals surface area (Å²) < 4.78 is 21.9. The lowest BCUT2D eigenvalue weighted by atomic mass is 10.1. The van der Waals surface area contributed by atoms with E-state index in [-0.39, 0.29) is 29.4 Å². The molecule has 2 amide bonds. The molecule has 3 aromatic rings. The first-order valence-electron chi connectivity index (χ1n) is 11.1. The van der Waals surface area contributed by atoms with Crippen molar-refractivity contribution in [3.8, 4) is 17.1 Å². The summed E-state index contributed by atoms with van der Waals surface area (Å²) >= 11 is 0. The van der Waals surface area contributed by atoms with E-state index < -0.39 is 29.1 Å². The van der Waals surface area contributed by atoms with Crippen LogP contribution in [0.3, 0.4) is 0 Å². The maximum Gasteiger partial charge on any atom is 0.271 e. The number of hydrogen-bond donors (Lipinski definition) is 1. The summed E-state index contributed by atoms with van der Waals surface area (Å²) in [5.41, 5.74) is 0.383. The average Bonchev–Trinajstić information content (AvgIpc) is 3.09. The lowest BCUT2D eigenvalue weighted by Crippen LogP contribution is -2.43. The zero-order chi connectivity index (χ0) is 24.5. The van der Waals surface area contributed by atoms with Crippen molar-refractivity contribution in [3.63, 3.8) is 0 Å². The number of nitrogens with one attached hydrogen (secondary N) is 1. The van der Waals surface area contributed by atoms with Crippen LogP contribution in [0.4, 0.5) is 21.5 Å². The number of anilines is 2. The fourth-order valence-corrected chi connectivity index (χ4v) is 4.27. The average molecular weight is 480 g/mol. The minimum atomic E-state index is -0.672. The van der Waals surface area contributed by atoms with E-state index in [1.54, 1.807) is 6.07 Å². The molecule has 0 saturated heterocycles. The number of rotatable bonds is 5. The molecular formula is C23H21FN6O5. The van der Waals surface area contributed by atoms with Crippen molar-refractivity contribution >= 4 is 28.9 Å². The Labute approximate surface area is 198 Å². The molecule has 180 valence electrons. The van der Waals surface area contributed by atoms with E-state index in [0.29, 0.717) is 11.4 Å². The number of hydrogen-bond acceptors (Lipinski definition) is 7. The van der Waals surface area contributed by atoms with Gasteiger partial charge in [-0.15, -0.1) is 10.2 Å². The monoisotopic (exact) mass is 480 g/mol. The quantitative estimate of drug-likeness (QED) is 0.438. The topological polar surface area (TPSA) is 132 Å². The number of fused-ring (bicyclic) bond motifs is 2. The normalized spacial score (nSPS) is 15.0. The molecule has 11 nitrogen and oxygen atoms in total. The molecule has 3 heterocycles. The van der Waals surface area contributed by atoms with Gasteiger partial charge >= 0.3 is 0 Å². The summed E-state index contributed by atoms with van der Waals surface area (Å²) in [4.78, 5) is 36.8. The van der Waals surface area contributed by atoms with Crippen LogP contribution in [-0.2, 0) is 22.6 Å². The maximum atomic E-state index is 14.6. The van der Waals surface area contributed by atoms with Crippen LogP contribution in [-0.4, -0.2) is 44.7 Å². The van der Waals surface area contributed by atoms with E-state index in [1.807, 2.05) is 4.57 Å². The third-order valence-corrected chi connectivity index (χ3v) is 6.01. The van der Waals surface area contributed by atoms with E-state index in [9.17, 15) is 24.1 Å². The molecule has 0 aliphatic carbocycles. The molecule has 35 heavy (non-hydrogen) atoms. The van der Waals surface area contributed by atoms with Crippen LogP contribution in [0.2, 0.25) is 0 Å². The Kier molecular flexibility index (Phi) is 5.85. The highest BCUT2D eigenvalue weighted by Crippen LogP contribution is 2.35. The lowest BCUT2D eigenvalue weighted by molar-refractivity contribution is -0.384. The zero-order valence-corrected chi connectivity index (χ0v) is 18.6. The standard InChI is InChI=1S/C23H21FN6O5/c24-16-7-5-14(23-27-26-20-4-2-1-3-9-28(20)23)10-17(16)25-21(31)12-29-18-11-15(30(33)34)6-8-19(18)35-13-22(29)32/h5-8,10-11H,1-4,9,12-13H2,(H,25,31). The van der Waals surface area contributed by atoms with Gasteiger partial charge < -0.3 is 14.6 Å². The summed E-state index contributed by atoms with van der Waals surface area (Å²) in [6.07, 6.45) is 3.95. The molecule has 0 atom stereocenters. The van der Waals surface area contributed by atoms with Gasteiger partial charge in [0.1, 0.15) is 23.9 Å². The molecule has 0 bridgehead atoms. The number of amides is 2. The van der Waals surface area contributed by atoms with Crippen molar-refractivity contribution in [1.29, 1.82) is 0 Å². The van der Waals surface area contributed by atoms with Crippen molar-refractivity contribution in [2.45, 2.75) is 32.2 Å². The number of carbonyl (C=O) groups is 2. The molecule has 1 aromatic heterocycles. The highest BCUT2D eigenvalue weighted by atomic mass is 19.1. The number of aryl methyl sites for hydroxylation is 1. The lowest BCUT2D eigenvalue weighted by Gasteiger charge is -2.28. The van der Waals surface area contributed by atoms with Crippen LogP contribution in [0.25, 0.3) is 11.4 Å². The Morgan fingerprint density at radius 1 is 1.17 bits per heavy atom. The summed E-state index contributed by atoms with van der Waals surface area (Å²) in [6.45, 7) is -0.0261. The maximum absolute atomic E-state index is 14.6. The highest BCUT2D eigenvalue weighted by Gasteiger charge is 2.29. The number of benzene rings is 2. The van der Waals surface area contributed by atoms with Crippen LogP contribution in [0.15, 0.2) is 36.4 Å². The fourth-order valence-electron chi connectivity index (χ4n) is 4.27. The number of non-ortho nitro benzene ring substituents is 1. The van der Waals surface area contributed by atoms with Crippen molar-refractivity contribution in [1.82, 2.24) is 14.8 Å². The van der Waals surface area contributed by atoms with Crippen LogP contribution < -0.4 is 15.0 Å². The van der Waals surface area contributed by atoms with Gasteiger partial charge in [-0.25, -0.2) is 4.39 Å². The second-order valence-electron chi connectivity index (χ2n) is 8.32. The molecule has 0 saturated carbocycles. The molecular weight excluding hydrogens is 459 g/mol. The smallest absolute Gasteiger partial charge is 0.271 e. The number of nitrogens with zero attached hydrogens (tertiary/aromatic N) is 5. The van der Waals surface area contributed by atoms with E-state index in [4.69, 9.17) is 4.74 Å². The van der Waals surface area contributed by atoms with Crippen LogP contribution >= 0.6 is 0 Å². The summed E-state index contributed by atoms with van der Waals surface area (Å²) in [5, 5.41) is 22.2. The predicted molar refractivity (Wildman–Crippen MR) is 123 cm³/mol. The number of nitro groups is 1. The molecule has 1 N–H and O–H groups in total. The summed E-state index contributed by atoms with van der Waals surface area (Å²) in [5.74, 6) is -0.152. The molecule has 0 spiro atoms. The molecule has 0 fully saturated rings. The van der Waals surface area contributed by atoms with E-state index >= 15 is 0 Å². The Morgan fingerprint density at radius 3 is 2.86 bits per heavy atom. The van der Waals surface area contributed by atoms with Crippen molar-refractivity contribution in [3.05, 3.63) is 58.2 Å². The third-order valence-electron chi connectivity index (χ3n) is 6.01. The number of carbonyl (C=O) groups excluding carboxylic acids is 2. The number of ether oxygens (including phenoxy) is 1. The number of nitro benzene ring substituents is 1. The Bertz CT molecular complexity index is 1340. The van der Waals surface area contributed by atoms with Crippen LogP contribution in [0, 0.1) is 15.9 Å². The molecule has 2 aromatic carbocycles. The molecule has 12 heteroatoms. The van der Waals surface area contributed by atoms with Gasteiger partial charge in [0.15, 0.2) is 12.4 Å². The molecule has 0 radical (unpaired) electrons. The van der Waals surface area contributed by atoms with Gasteiger partial charge in [0.2, 0.25) is 5.91 Å². The first kappa shape index (κ1) is 22.4. The van der Waals surface area contributed by atoms with Gasteiger partial charge in [-0.3, -0.25) is 24.6 Å². The van der Waals surface area contributed by atoms with E-state index in [0.717, 1.165) is 49.0 Å². The Hall–Kier alpha value is -4.35. The molecule has 2 aliphatic rings. The molecule has 2 aliphatic heterocycles. The number of halogens is 1. The van der Waals surface area contributed by atoms with Gasteiger partial charge in [-0.05, 0) is 37.1 Å². The largest absolute Gasteiger partial charge is 0.482 e. The summed E-state index contributed by atoms with van der Waals surface area (Å²) in [7, 11) is 0. The van der Waals surface area contributed by atoms with Crippen molar-refractivity contribution in [2.24, 2.45) is 0 Å². The first-order chi connectivity index (χ1) is 16.9. The van der Waals surface area contributed by atoms with Gasteiger partial charge in [-0.1, -0.05) is 6.42 Å². The van der Waals surface area contributed by atoms with Gasteiger partial charge in [0.25, 0.3) is 11.6 Å². The molecule has 5 rings (SSSR count). The molecule has 0 unspecified atom stereocenters. The van der Waals surface area contributed by atoms with Gasteiger partial charge in [0.05, 0.1) is 16.3 Å². The SMILES string of the molecule is O=C(CN1C(=O)COc2ccc([N+](=O)[O-])cc21)Nc1cc(-c2nnc3n2CCCCC3)ccc1F. The summed E-state index contributed by atoms with van der Waals surface area (Å²) in [6, 6.07) is 8.08. The minimum absolute atomic E-state index is 0.0709. The minimum Gasteiger partial charge on any atom is -0.482 e. The van der Waals surface area contributed by atoms with E-state index in [2.05, 4.69) is 15.5 Å². The van der Waals surface area contributed by atoms with Gasteiger partial charge in [0, 0.05) is 30.7 Å². The van der Waals surface area contributed by atoms with Crippen LogP contribution in [0.5, 0.6) is 5.75 Å². The first-order valence-corrected chi connectivity index (χ1v) is 11.1. The van der Waals surface area contributed by atoms with E-state index in [1.165, 1.54) is 24.3 Å². The van der Waals surface area contributed by atoms with Crippen molar-refractivity contribution < 1.29 is 23.6 Å². The third kappa shape index (κ3) is 4.42. The number of aromatic nitrogens is 3. The zero-order valence-electron chi connectivity index (χ0n) is 18.6. The second kappa shape index (κ2) is 9.12. The highest BCUT2D eigenvalue weighted by molar-refractivity contribution is 6.05. The van der Waals surface area contributed by atoms with Gasteiger partial charge in [-0.2, -0.15) is 0 Å². The van der Waals surface area contributed by atoms with Crippen molar-refractivity contribution in [2.75, 3.05) is 23.4 Å². The Balaban J connectivity index is 1.38. The fraction of sp³-hybridized carbons (Fsp3) is 0.304. The van der Waals surface area contributed by atoms with Crippen LogP contribution in [0.1, 0.15) is 25.1 Å². The predicted octanol–water partition coefficient (Wildman–Crippen LogP) is 3.08.